The Labute approximate surface area is 60.4 Å². The van der Waals surface area contributed by atoms with Gasteiger partial charge >= 0.3 is 0 Å². The zero-order valence-electron chi connectivity index (χ0n) is 5.46. The molecule has 0 bridgehead atoms. The van der Waals surface area contributed by atoms with Crippen LogP contribution in [-0.4, -0.2) is 11.9 Å². The standard InChI is InChI=1S/C7H10OS/c1-3-6-5-9-8-7(6)4-2/h1,6-7H,4-5H2,2H3. The summed E-state index contributed by atoms with van der Waals surface area (Å²) in [5.74, 6) is 4.03. The van der Waals surface area contributed by atoms with Gasteiger partial charge in [-0.3, -0.25) is 0 Å². The highest BCUT2D eigenvalue weighted by Crippen LogP contribution is 2.28. The van der Waals surface area contributed by atoms with Gasteiger partial charge in [0.05, 0.1) is 12.0 Å². The van der Waals surface area contributed by atoms with Crippen LogP contribution in [0, 0.1) is 18.3 Å². The number of hydrogen-bond donors (Lipinski definition) is 0. The van der Waals surface area contributed by atoms with Crippen LogP contribution < -0.4 is 0 Å². The Bertz CT molecular complexity index is 127. The van der Waals surface area contributed by atoms with E-state index in [1.54, 1.807) is 0 Å². The summed E-state index contributed by atoms with van der Waals surface area (Å²) in [5, 5.41) is 0. The lowest BCUT2D eigenvalue weighted by Gasteiger charge is -2.07. The van der Waals surface area contributed by atoms with E-state index in [2.05, 4.69) is 12.8 Å². The molecule has 0 aromatic carbocycles. The first-order valence-electron chi connectivity index (χ1n) is 3.13. The van der Waals surface area contributed by atoms with Crippen molar-refractivity contribution in [1.29, 1.82) is 0 Å². The summed E-state index contributed by atoms with van der Waals surface area (Å²) in [7, 11) is 0. The molecule has 0 N–H and O–H groups in total. The van der Waals surface area contributed by atoms with Crippen LogP contribution in [0.5, 0.6) is 0 Å². The van der Waals surface area contributed by atoms with E-state index in [0.29, 0.717) is 12.0 Å². The van der Waals surface area contributed by atoms with Gasteiger partial charge in [0.2, 0.25) is 0 Å². The zero-order valence-corrected chi connectivity index (χ0v) is 6.28. The molecule has 9 heavy (non-hydrogen) atoms. The van der Waals surface area contributed by atoms with Crippen LogP contribution in [-0.2, 0) is 4.18 Å². The van der Waals surface area contributed by atoms with Gasteiger partial charge in [0.15, 0.2) is 0 Å². The molecule has 2 atom stereocenters. The van der Waals surface area contributed by atoms with E-state index in [-0.39, 0.29) is 0 Å². The van der Waals surface area contributed by atoms with Gasteiger partial charge in [-0.2, -0.15) is 0 Å². The summed E-state index contributed by atoms with van der Waals surface area (Å²) in [6.07, 6.45) is 6.59. The van der Waals surface area contributed by atoms with Gasteiger partial charge in [0.1, 0.15) is 0 Å². The minimum atomic E-state index is 0.306. The van der Waals surface area contributed by atoms with Crippen molar-refractivity contribution < 1.29 is 4.18 Å². The molecule has 1 nitrogen and oxygen atoms in total. The lowest BCUT2D eigenvalue weighted by Crippen LogP contribution is -2.13. The SMILES string of the molecule is C#CC1CSOC1CC. The highest BCUT2D eigenvalue weighted by atomic mass is 32.2. The van der Waals surface area contributed by atoms with E-state index in [1.165, 1.54) is 12.0 Å². The lowest BCUT2D eigenvalue weighted by atomic mass is 10.0. The summed E-state index contributed by atoms with van der Waals surface area (Å²) < 4.78 is 5.28. The molecule has 0 aromatic heterocycles. The van der Waals surface area contributed by atoms with Gasteiger partial charge < -0.3 is 4.18 Å². The van der Waals surface area contributed by atoms with Crippen LogP contribution >= 0.6 is 12.0 Å². The second kappa shape index (κ2) is 3.14. The second-order valence-electron chi connectivity index (χ2n) is 2.10. The average Bonchev–Trinajstić information content (AvgIpc) is 2.33. The van der Waals surface area contributed by atoms with Crippen molar-refractivity contribution in [2.45, 2.75) is 19.4 Å². The van der Waals surface area contributed by atoms with Crippen molar-refractivity contribution in [1.82, 2.24) is 0 Å². The van der Waals surface area contributed by atoms with Crippen LogP contribution in [0.15, 0.2) is 0 Å². The molecule has 0 saturated carbocycles. The monoisotopic (exact) mass is 142 g/mol. The minimum absolute atomic E-state index is 0.306. The first kappa shape index (κ1) is 6.98. The van der Waals surface area contributed by atoms with E-state index >= 15 is 0 Å². The molecule has 0 aromatic rings. The smallest absolute Gasteiger partial charge is 0.0865 e. The maximum atomic E-state index is 5.28. The Hall–Kier alpha value is -0.130. The molecule has 0 spiro atoms. The van der Waals surface area contributed by atoms with Crippen molar-refractivity contribution in [3.63, 3.8) is 0 Å². The van der Waals surface area contributed by atoms with E-state index in [4.69, 9.17) is 10.6 Å². The van der Waals surface area contributed by atoms with Crippen LogP contribution in [0.2, 0.25) is 0 Å². The fourth-order valence-corrected chi connectivity index (χ4v) is 1.86. The summed E-state index contributed by atoms with van der Waals surface area (Å²) in [6.45, 7) is 2.10. The Morgan fingerprint density at radius 1 is 1.89 bits per heavy atom. The highest BCUT2D eigenvalue weighted by Gasteiger charge is 2.25. The fraction of sp³-hybridized carbons (Fsp3) is 0.714. The van der Waals surface area contributed by atoms with Crippen LogP contribution in [0.3, 0.4) is 0 Å². The van der Waals surface area contributed by atoms with Crippen LogP contribution in [0.25, 0.3) is 0 Å². The summed E-state index contributed by atoms with van der Waals surface area (Å²) in [6, 6.07) is 0. The van der Waals surface area contributed by atoms with Crippen molar-refractivity contribution in [2.75, 3.05) is 5.75 Å². The molecular formula is C7H10OS. The van der Waals surface area contributed by atoms with Crippen LogP contribution in [0.1, 0.15) is 13.3 Å². The van der Waals surface area contributed by atoms with Crippen molar-refractivity contribution in [3.8, 4) is 12.3 Å². The Kier molecular flexibility index (Phi) is 2.44. The molecule has 0 radical (unpaired) electrons. The molecule has 1 fully saturated rings. The normalized spacial score (nSPS) is 34.2. The highest BCUT2D eigenvalue weighted by molar-refractivity contribution is 7.94. The molecule has 0 amide bonds. The molecule has 1 aliphatic rings. The Morgan fingerprint density at radius 3 is 3.11 bits per heavy atom. The third-order valence-corrected chi connectivity index (χ3v) is 2.38. The number of terminal acetylenes is 1. The molecular weight excluding hydrogens is 132 g/mol. The molecule has 50 valence electrons. The molecule has 1 heterocycles. The van der Waals surface area contributed by atoms with Gasteiger partial charge in [-0.15, -0.1) is 6.42 Å². The maximum Gasteiger partial charge on any atom is 0.0865 e. The van der Waals surface area contributed by atoms with Crippen LogP contribution in [0.4, 0.5) is 0 Å². The zero-order chi connectivity index (χ0) is 6.69. The Balaban J connectivity index is 2.44. The van der Waals surface area contributed by atoms with Gasteiger partial charge in [-0.1, -0.05) is 12.8 Å². The van der Waals surface area contributed by atoms with E-state index in [9.17, 15) is 0 Å². The van der Waals surface area contributed by atoms with Gasteiger partial charge in [0, 0.05) is 5.75 Å². The van der Waals surface area contributed by atoms with E-state index < -0.39 is 0 Å². The fourth-order valence-electron chi connectivity index (χ4n) is 0.882. The molecule has 2 unspecified atom stereocenters. The van der Waals surface area contributed by atoms with E-state index in [1.807, 2.05) is 0 Å². The average molecular weight is 142 g/mol. The van der Waals surface area contributed by atoms with Crippen molar-refractivity contribution >= 4 is 12.0 Å². The summed E-state index contributed by atoms with van der Waals surface area (Å²) >= 11 is 1.50. The van der Waals surface area contributed by atoms with E-state index in [0.717, 1.165) is 12.2 Å². The molecule has 2 heteroatoms. The van der Waals surface area contributed by atoms with Gasteiger partial charge in [0.25, 0.3) is 0 Å². The minimum Gasteiger partial charge on any atom is -0.311 e. The molecule has 0 aliphatic carbocycles. The summed E-state index contributed by atoms with van der Waals surface area (Å²) in [5.41, 5.74) is 0. The lowest BCUT2D eigenvalue weighted by molar-refractivity contribution is 0.227. The number of rotatable bonds is 1. The third kappa shape index (κ3) is 1.41. The topological polar surface area (TPSA) is 9.23 Å². The Morgan fingerprint density at radius 2 is 2.67 bits per heavy atom. The third-order valence-electron chi connectivity index (χ3n) is 1.50. The molecule has 1 aliphatic heterocycles. The largest absolute Gasteiger partial charge is 0.311 e. The predicted octanol–water partition coefficient (Wildman–Crippen LogP) is 1.69. The van der Waals surface area contributed by atoms with Crippen molar-refractivity contribution in [2.24, 2.45) is 5.92 Å². The molecule has 1 saturated heterocycles. The van der Waals surface area contributed by atoms with Gasteiger partial charge in [-0.25, -0.2) is 0 Å². The quantitative estimate of drug-likeness (QED) is 0.407. The number of hydrogen-bond acceptors (Lipinski definition) is 2. The van der Waals surface area contributed by atoms with Gasteiger partial charge in [-0.05, 0) is 18.5 Å². The summed E-state index contributed by atoms with van der Waals surface area (Å²) in [4.78, 5) is 0. The van der Waals surface area contributed by atoms with Crippen molar-refractivity contribution in [3.05, 3.63) is 0 Å². The first-order chi connectivity index (χ1) is 4.38. The molecule has 1 rings (SSSR count). The maximum absolute atomic E-state index is 5.28. The first-order valence-corrected chi connectivity index (χ1v) is 4.04. The second-order valence-corrected chi connectivity index (χ2v) is 2.86. The predicted molar refractivity (Wildman–Crippen MR) is 39.9 cm³/mol.